The Hall–Kier alpha value is -3.29. The van der Waals surface area contributed by atoms with Gasteiger partial charge in [0, 0.05) is 42.6 Å². The standard InChI is InChI=1S/C24H22N4O2S/c1-16-7-9-18(10-8-16)20-13-21(30-27-20)23(29)26-24-25-19-11-12-28(15-22(19)31-24)14-17-5-3-2-4-6-17/h2-10,13H,11-12,14-15H2,1H3,(H,25,26,29). The highest BCUT2D eigenvalue weighted by molar-refractivity contribution is 7.15. The molecular weight excluding hydrogens is 408 g/mol. The Morgan fingerprint density at radius 2 is 1.97 bits per heavy atom. The molecule has 5 rings (SSSR count). The van der Waals surface area contributed by atoms with Crippen molar-refractivity contribution in [1.29, 1.82) is 0 Å². The Morgan fingerprint density at radius 1 is 1.16 bits per heavy atom. The molecule has 1 N–H and O–H groups in total. The zero-order chi connectivity index (χ0) is 21.2. The Bertz CT molecular complexity index is 1200. The lowest BCUT2D eigenvalue weighted by molar-refractivity contribution is 0.0988. The third-order valence-corrected chi connectivity index (χ3v) is 6.36. The summed E-state index contributed by atoms with van der Waals surface area (Å²) in [6.07, 6.45) is 0.883. The lowest BCUT2D eigenvalue weighted by Gasteiger charge is -2.25. The summed E-state index contributed by atoms with van der Waals surface area (Å²) in [4.78, 5) is 20.9. The maximum Gasteiger partial charge on any atom is 0.296 e. The average Bonchev–Trinajstić information content (AvgIpc) is 3.42. The van der Waals surface area contributed by atoms with Crippen LogP contribution in [0.1, 0.15) is 32.3 Å². The summed E-state index contributed by atoms with van der Waals surface area (Å²) in [5, 5.41) is 7.51. The molecule has 4 aromatic rings. The number of aryl methyl sites for hydroxylation is 1. The first-order valence-corrected chi connectivity index (χ1v) is 11.1. The van der Waals surface area contributed by atoms with Crippen LogP contribution >= 0.6 is 11.3 Å². The lowest BCUT2D eigenvalue weighted by atomic mass is 10.1. The minimum Gasteiger partial charge on any atom is -0.350 e. The van der Waals surface area contributed by atoms with E-state index < -0.39 is 0 Å². The second-order valence-electron chi connectivity index (χ2n) is 7.73. The van der Waals surface area contributed by atoms with Gasteiger partial charge in [-0.15, -0.1) is 11.3 Å². The maximum absolute atomic E-state index is 12.6. The molecule has 1 aliphatic rings. The van der Waals surface area contributed by atoms with Gasteiger partial charge in [0.1, 0.15) is 5.69 Å². The lowest BCUT2D eigenvalue weighted by Crippen LogP contribution is -2.29. The van der Waals surface area contributed by atoms with Crippen LogP contribution in [0.15, 0.2) is 65.2 Å². The third kappa shape index (κ3) is 4.42. The number of aromatic nitrogens is 2. The van der Waals surface area contributed by atoms with Gasteiger partial charge in [0.15, 0.2) is 5.13 Å². The van der Waals surface area contributed by atoms with Crippen molar-refractivity contribution in [3.05, 3.63) is 88.1 Å². The second kappa shape index (κ2) is 8.45. The fourth-order valence-electron chi connectivity index (χ4n) is 3.68. The summed E-state index contributed by atoms with van der Waals surface area (Å²) >= 11 is 1.53. The first-order valence-electron chi connectivity index (χ1n) is 10.2. The number of hydrogen-bond donors (Lipinski definition) is 1. The quantitative estimate of drug-likeness (QED) is 0.487. The molecule has 0 bridgehead atoms. The number of anilines is 1. The van der Waals surface area contributed by atoms with Crippen molar-refractivity contribution < 1.29 is 9.32 Å². The highest BCUT2D eigenvalue weighted by Gasteiger charge is 2.22. The van der Waals surface area contributed by atoms with Crippen LogP contribution in [0.4, 0.5) is 5.13 Å². The van der Waals surface area contributed by atoms with Crippen molar-refractivity contribution in [3.63, 3.8) is 0 Å². The van der Waals surface area contributed by atoms with Gasteiger partial charge in [0.2, 0.25) is 5.76 Å². The second-order valence-corrected chi connectivity index (χ2v) is 8.82. The van der Waals surface area contributed by atoms with Crippen molar-refractivity contribution >= 4 is 22.4 Å². The van der Waals surface area contributed by atoms with Gasteiger partial charge in [-0.3, -0.25) is 15.0 Å². The van der Waals surface area contributed by atoms with E-state index >= 15 is 0 Å². The average molecular weight is 431 g/mol. The van der Waals surface area contributed by atoms with Crippen LogP contribution in [0.2, 0.25) is 0 Å². The number of nitrogens with zero attached hydrogens (tertiary/aromatic N) is 3. The fourth-order valence-corrected chi connectivity index (χ4v) is 4.73. The summed E-state index contributed by atoms with van der Waals surface area (Å²) in [7, 11) is 0. The van der Waals surface area contributed by atoms with Gasteiger partial charge in [-0.1, -0.05) is 65.3 Å². The van der Waals surface area contributed by atoms with Crippen molar-refractivity contribution in [2.75, 3.05) is 11.9 Å². The predicted molar refractivity (Wildman–Crippen MR) is 121 cm³/mol. The molecule has 0 saturated carbocycles. The molecule has 3 heterocycles. The molecule has 1 amide bonds. The van der Waals surface area contributed by atoms with Gasteiger partial charge in [0.05, 0.1) is 5.69 Å². The van der Waals surface area contributed by atoms with E-state index in [0.717, 1.165) is 37.3 Å². The van der Waals surface area contributed by atoms with Crippen LogP contribution in [0, 0.1) is 6.92 Å². The molecule has 0 fully saturated rings. The van der Waals surface area contributed by atoms with Gasteiger partial charge in [-0.2, -0.15) is 0 Å². The number of nitrogens with one attached hydrogen (secondary N) is 1. The Kier molecular flexibility index (Phi) is 5.36. The monoisotopic (exact) mass is 430 g/mol. The highest BCUT2D eigenvalue weighted by Crippen LogP contribution is 2.29. The highest BCUT2D eigenvalue weighted by atomic mass is 32.1. The van der Waals surface area contributed by atoms with Gasteiger partial charge in [-0.25, -0.2) is 4.98 Å². The number of benzene rings is 2. The Morgan fingerprint density at radius 3 is 2.77 bits per heavy atom. The topological polar surface area (TPSA) is 71.3 Å². The van der Waals surface area contributed by atoms with E-state index in [1.54, 1.807) is 6.07 Å². The molecule has 6 nitrogen and oxygen atoms in total. The molecule has 1 aliphatic heterocycles. The summed E-state index contributed by atoms with van der Waals surface area (Å²) in [5.41, 5.74) is 5.10. The van der Waals surface area contributed by atoms with Crippen LogP contribution in [-0.4, -0.2) is 27.5 Å². The van der Waals surface area contributed by atoms with Crippen molar-refractivity contribution in [2.45, 2.75) is 26.4 Å². The molecule has 156 valence electrons. The van der Waals surface area contributed by atoms with E-state index in [9.17, 15) is 4.79 Å². The van der Waals surface area contributed by atoms with Crippen LogP contribution in [0.25, 0.3) is 11.3 Å². The molecule has 0 saturated heterocycles. The summed E-state index contributed by atoms with van der Waals surface area (Å²) < 4.78 is 5.28. The largest absolute Gasteiger partial charge is 0.350 e. The molecule has 2 aromatic carbocycles. The third-order valence-electron chi connectivity index (χ3n) is 5.36. The molecule has 7 heteroatoms. The van der Waals surface area contributed by atoms with Gasteiger partial charge in [0.25, 0.3) is 5.91 Å². The molecule has 0 spiro atoms. The zero-order valence-corrected chi connectivity index (χ0v) is 18.0. The van der Waals surface area contributed by atoms with E-state index in [-0.39, 0.29) is 11.7 Å². The number of carbonyl (C=O) groups is 1. The van der Waals surface area contributed by atoms with E-state index in [0.29, 0.717) is 10.8 Å². The number of fused-ring (bicyclic) bond motifs is 1. The summed E-state index contributed by atoms with van der Waals surface area (Å²) in [5.74, 6) is -0.160. The molecule has 0 radical (unpaired) electrons. The van der Waals surface area contributed by atoms with Crippen LogP contribution in [0.5, 0.6) is 0 Å². The summed E-state index contributed by atoms with van der Waals surface area (Å²) in [6.45, 7) is 4.75. The van der Waals surface area contributed by atoms with Crippen molar-refractivity contribution in [3.8, 4) is 11.3 Å². The minimum absolute atomic E-state index is 0.175. The maximum atomic E-state index is 12.6. The minimum atomic E-state index is -0.335. The van der Waals surface area contributed by atoms with Gasteiger partial charge < -0.3 is 4.52 Å². The van der Waals surface area contributed by atoms with Crippen molar-refractivity contribution in [2.24, 2.45) is 0 Å². The molecular formula is C24H22N4O2S. The number of rotatable bonds is 5. The number of carbonyl (C=O) groups excluding carboxylic acids is 1. The summed E-state index contributed by atoms with van der Waals surface area (Å²) in [6, 6.07) is 20.1. The van der Waals surface area contributed by atoms with Crippen LogP contribution in [0.3, 0.4) is 0 Å². The smallest absolute Gasteiger partial charge is 0.296 e. The van der Waals surface area contributed by atoms with E-state index in [1.807, 2.05) is 37.3 Å². The fraction of sp³-hybridized carbons (Fsp3) is 0.208. The zero-order valence-electron chi connectivity index (χ0n) is 17.2. The van der Waals surface area contributed by atoms with Crippen molar-refractivity contribution in [1.82, 2.24) is 15.0 Å². The van der Waals surface area contributed by atoms with Gasteiger partial charge in [-0.05, 0) is 12.5 Å². The van der Waals surface area contributed by atoms with Crippen LogP contribution in [-0.2, 0) is 19.5 Å². The normalized spacial score (nSPS) is 13.7. The number of amides is 1. The van der Waals surface area contributed by atoms with E-state index in [1.165, 1.54) is 27.3 Å². The Balaban J connectivity index is 1.25. The number of thiazole rings is 1. The molecule has 0 unspecified atom stereocenters. The van der Waals surface area contributed by atoms with E-state index in [2.05, 4.69) is 44.6 Å². The van der Waals surface area contributed by atoms with Crippen LogP contribution < -0.4 is 5.32 Å². The molecule has 0 atom stereocenters. The number of hydrogen-bond acceptors (Lipinski definition) is 6. The van der Waals surface area contributed by atoms with Gasteiger partial charge >= 0.3 is 0 Å². The predicted octanol–water partition coefficient (Wildman–Crippen LogP) is 4.92. The van der Waals surface area contributed by atoms with E-state index in [4.69, 9.17) is 4.52 Å². The first-order chi connectivity index (χ1) is 15.1. The molecule has 0 aliphatic carbocycles. The SMILES string of the molecule is Cc1ccc(-c2cc(C(=O)Nc3nc4c(s3)CN(Cc3ccccc3)CC4)on2)cc1. The first kappa shape index (κ1) is 19.7. The molecule has 31 heavy (non-hydrogen) atoms. The molecule has 2 aromatic heterocycles. The Labute approximate surface area is 184 Å².